The summed E-state index contributed by atoms with van der Waals surface area (Å²) in [4.78, 5) is 4.29. The van der Waals surface area contributed by atoms with Crippen LogP contribution in [0.5, 0.6) is 0 Å². The number of hydrogen-bond acceptors (Lipinski definition) is 3. The Labute approximate surface area is 91.5 Å². The Kier molecular flexibility index (Phi) is 4.56. The van der Waals surface area contributed by atoms with Gasteiger partial charge in [-0.2, -0.15) is 0 Å². The molecule has 0 bridgehead atoms. The molecule has 3 heteroatoms. The zero-order valence-corrected chi connectivity index (χ0v) is 9.70. The van der Waals surface area contributed by atoms with Crippen molar-refractivity contribution in [2.24, 2.45) is 5.92 Å². The lowest BCUT2D eigenvalue weighted by Crippen LogP contribution is -2.27. The fraction of sp³-hybridized carbons (Fsp3) is 0.583. The fourth-order valence-electron chi connectivity index (χ4n) is 1.45. The smallest absolute Gasteiger partial charge is 0.126 e. The van der Waals surface area contributed by atoms with Crippen LogP contribution in [-0.4, -0.2) is 22.7 Å². The highest BCUT2D eigenvalue weighted by molar-refractivity contribution is 5.36. The van der Waals surface area contributed by atoms with Gasteiger partial charge < -0.3 is 10.4 Å². The van der Waals surface area contributed by atoms with Gasteiger partial charge in [-0.25, -0.2) is 4.98 Å². The number of aliphatic hydroxyl groups excluding tert-OH is 1. The van der Waals surface area contributed by atoms with Crippen molar-refractivity contribution < 1.29 is 5.11 Å². The predicted molar refractivity (Wildman–Crippen MR) is 62.9 cm³/mol. The minimum Gasteiger partial charge on any atom is -0.396 e. The van der Waals surface area contributed by atoms with E-state index in [9.17, 15) is 0 Å². The molecule has 0 saturated carbocycles. The summed E-state index contributed by atoms with van der Waals surface area (Å²) < 4.78 is 0. The summed E-state index contributed by atoms with van der Waals surface area (Å²) in [6.45, 7) is 6.51. The van der Waals surface area contributed by atoms with Gasteiger partial charge in [0.15, 0.2) is 0 Å². The maximum absolute atomic E-state index is 8.95. The van der Waals surface area contributed by atoms with Gasteiger partial charge in [-0.15, -0.1) is 0 Å². The maximum Gasteiger partial charge on any atom is 0.126 e. The van der Waals surface area contributed by atoms with E-state index in [0.717, 1.165) is 17.8 Å². The van der Waals surface area contributed by atoms with E-state index < -0.39 is 0 Å². The molecule has 0 aromatic carbocycles. The van der Waals surface area contributed by atoms with E-state index in [1.807, 2.05) is 25.3 Å². The topological polar surface area (TPSA) is 45.1 Å². The Balaban J connectivity index is 2.61. The van der Waals surface area contributed by atoms with Crippen molar-refractivity contribution in [3.8, 4) is 0 Å². The summed E-state index contributed by atoms with van der Waals surface area (Å²) >= 11 is 0. The second-order valence-corrected chi connectivity index (χ2v) is 4.23. The van der Waals surface area contributed by atoms with Crippen molar-refractivity contribution in [1.82, 2.24) is 4.98 Å². The lowest BCUT2D eigenvalue weighted by atomic mass is 10.0. The third-order valence-electron chi connectivity index (χ3n) is 2.49. The van der Waals surface area contributed by atoms with Crippen molar-refractivity contribution >= 4 is 5.82 Å². The number of nitrogens with zero attached hydrogens (tertiary/aromatic N) is 1. The number of aryl methyl sites for hydroxylation is 1. The van der Waals surface area contributed by atoms with Crippen molar-refractivity contribution in [2.45, 2.75) is 33.2 Å². The highest BCUT2D eigenvalue weighted by Crippen LogP contribution is 2.13. The van der Waals surface area contributed by atoms with E-state index >= 15 is 0 Å². The van der Waals surface area contributed by atoms with Gasteiger partial charge in [-0.05, 0) is 30.9 Å². The average Bonchev–Trinajstić information content (AvgIpc) is 2.20. The van der Waals surface area contributed by atoms with E-state index in [-0.39, 0.29) is 12.6 Å². The van der Waals surface area contributed by atoms with Gasteiger partial charge in [-0.3, -0.25) is 0 Å². The van der Waals surface area contributed by atoms with Crippen LogP contribution >= 0.6 is 0 Å². The van der Waals surface area contributed by atoms with Crippen LogP contribution in [0, 0.1) is 12.8 Å². The van der Waals surface area contributed by atoms with E-state index in [0.29, 0.717) is 5.92 Å². The van der Waals surface area contributed by atoms with Crippen LogP contribution in [0.25, 0.3) is 0 Å². The average molecular weight is 208 g/mol. The van der Waals surface area contributed by atoms with Gasteiger partial charge in [0.2, 0.25) is 0 Å². The molecule has 0 aliphatic rings. The van der Waals surface area contributed by atoms with E-state index in [4.69, 9.17) is 5.11 Å². The molecule has 0 aliphatic heterocycles. The van der Waals surface area contributed by atoms with Crippen molar-refractivity contribution in [2.75, 3.05) is 11.9 Å². The molecule has 0 radical (unpaired) electrons. The Morgan fingerprint density at radius 2 is 2.13 bits per heavy atom. The van der Waals surface area contributed by atoms with Crippen LogP contribution in [0.15, 0.2) is 18.3 Å². The fourth-order valence-corrected chi connectivity index (χ4v) is 1.45. The first kappa shape index (κ1) is 12.0. The lowest BCUT2D eigenvalue weighted by Gasteiger charge is -2.22. The second-order valence-electron chi connectivity index (χ2n) is 4.23. The highest BCUT2D eigenvalue weighted by Gasteiger charge is 2.12. The van der Waals surface area contributed by atoms with Crippen LogP contribution in [-0.2, 0) is 0 Å². The zero-order valence-electron chi connectivity index (χ0n) is 9.70. The van der Waals surface area contributed by atoms with Gasteiger partial charge in [0.05, 0.1) is 0 Å². The van der Waals surface area contributed by atoms with Crippen LogP contribution in [0.1, 0.15) is 25.8 Å². The number of aliphatic hydroxyl groups is 1. The van der Waals surface area contributed by atoms with Crippen LogP contribution in [0.3, 0.4) is 0 Å². The van der Waals surface area contributed by atoms with Crippen LogP contribution in [0.4, 0.5) is 5.82 Å². The number of nitrogens with one attached hydrogen (secondary N) is 1. The summed E-state index contributed by atoms with van der Waals surface area (Å²) in [5, 5.41) is 12.3. The normalized spacial score (nSPS) is 12.9. The van der Waals surface area contributed by atoms with Crippen LogP contribution in [0.2, 0.25) is 0 Å². The summed E-state index contributed by atoms with van der Waals surface area (Å²) in [7, 11) is 0. The maximum atomic E-state index is 8.95. The van der Waals surface area contributed by atoms with E-state index in [1.54, 1.807) is 0 Å². The first-order valence-corrected chi connectivity index (χ1v) is 5.43. The van der Waals surface area contributed by atoms with Gasteiger partial charge in [0, 0.05) is 18.8 Å². The number of pyridine rings is 1. The second kappa shape index (κ2) is 5.71. The summed E-state index contributed by atoms with van der Waals surface area (Å²) in [5.41, 5.74) is 1.16. The number of anilines is 1. The molecule has 15 heavy (non-hydrogen) atoms. The molecular weight excluding hydrogens is 188 g/mol. The zero-order chi connectivity index (χ0) is 11.3. The molecule has 0 amide bonds. The molecule has 84 valence electrons. The molecule has 1 atom stereocenters. The minimum absolute atomic E-state index is 0.210. The van der Waals surface area contributed by atoms with Gasteiger partial charge in [0.25, 0.3) is 0 Å². The molecule has 1 aromatic rings. The van der Waals surface area contributed by atoms with Crippen molar-refractivity contribution in [3.05, 3.63) is 23.9 Å². The van der Waals surface area contributed by atoms with Crippen molar-refractivity contribution in [1.29, 1.82) is 0 Å². The van der Waals surface area contributed by atoms with Crippen LogP contribution < -0.4 is 5.32 Å². The standard InChI is InChI=1S/C12H20N2O/c1-9(2)11(6-7-15)14-12-5-4-10(3)8-13-12/h4-5,8-9,11,15H,6-7H2,1-3H3,(H,13,14). The molecule has 0 aliphatic carbocycles. The Bertz CT molecular complexity index is 282. The molecule has 0 saturated heterocycles. The molecule has 2 N–H and O–H groups in total. The van der Waals surface area contributed by atoms with Crippen molar-refractivity contribution in [3.63, 3.8) is 0 Å². The molecule has 0 spiro atoms. The summed E-state index contributed by atoms with van der Waals surface area (Å²) in [6.07, 6.45) is 2.60. The third kappa shape index (κ3) is 3.88. The quantitative estimate of drug-likeness (QED) is 0.779. The van der Waals surface area contributed by atoms with E-state index in [2.05, 4.69) is 24.1 Å². The Morgan fingerprint density at radius 3 is 2.60 bits per heavy atom. The SMILES string of the molecule is Cc1ccc(NC(CCO)C(C)C)nc1. The molecular formula is C12H20N2O. The molecule has 1 rings (SSSR count). The monoisotopic (exact) mass is 208 g/mol. The molecule has 0 fully saturated rings. The summed E-state index contributed by atoms with van der Waals surface area (Å²) in [6, 6.07) is 4.29. The van der Waals surface area contributed by atoms with E-state index in [1.165, 1.54) is 0 Å². The molecule has 1 heterocycles. The number of rotatable bonds is 5. The third-order valence-corrected chi connectivity index (χ3v) is 2.49. The molecule has 3 nitrogen and oxygen atoms in total. The highest BCUT2D eigenvalue weighted by atomic mass is 16.3. The Morgan fingerprint density at radius 1 is 1.40 bits per heavy atom. The largest absolute Gasteiger partial charge is 0.396 e. The van der Waals surface area contributed by atoms with Gasteiger partial charge in [0.1, 0.15) is 5.82 Å². The Hall–Kier alpha value is -1.09. The molecule has 1 aromatic heterocycles. The molecule has 1 unspecified atom stereocenters. The van der Waals surface area contributed by atoms with Gasteiger partial charge >= 0.3 is 0 Å². The lowest BCUT2D eigenvalue weighted by molar-refractivity contribution is 0.267. The number of hydrogen-bond donors (Lipinski definition) is 2. The predicted octanol–water partition coefficient (Wildman–Crippen LogP) is 2.21. The number of aromatic nitrogens is 1. The van der Waals surface area contributed by atoms with Gasteiger partial charge in [-0.1, -0.05) is 19.9 Å². The first-order chi connectivity index (χ1) is 7.13. The first-order valence-electron chi connectivity index (χ1n) is 5.43. The minimum atomic E-state index is 0.210. The summed E-state index contributed by atoms with van der Waals surface area (Å²) in [5.74, 6) is 1.37.